The van der Waals surface area contributed by atoms with Crippen molar-refractivity contribution in [3.8, 4) is 0 Å². The van der Waals surface area contributed by atoms with Crippen LogP contribution in [0.1, 0.15) is 37.7 Å². The Balaban J connectivity index is 1.63. The van der Waals surface area contributed by atoms with E-state index in [1.54, 1.807) is 18.2 Å². The van der Waals surface area contributed by atoms with E-state index in [4.69, 9.17) is 11.6 Å². The molecule has 1 aromatic rings. The number of anilines is 1. The predicted molar refractivity (Wildman–Crippen MR) is 88.6 cm³/mol. The van der Waals surface area contributed by atoms with E-state index >= 15 is 0 Å². The Labute approximate surface area is 140 Å². The molecule has 0 aromatic heterocycles. The van der Waals surface area contributed by atoms with Gasteiger partial charge in [-0.3, -0.25) is 9.59 Å². The molecule has 124 valence electrons. The highest BCUT2D eigenvalue weighted by molar-refractivity contribution is 6.41. The summed E-state index contributed by atoms with van der Waals surface area (Å²) in [4.78, 5) is 26.0. The Morgan fingerprint density at radius 1 is 1.26 bits per heavy atom. The molecule has 0 radical (unpaired) electrons. The molecule has 0 atom stereocenters. The third kappa shape index (κ3) is 3.35. The molecule has 1 aliphatic carbocycles. The molecule has 0 spiro atoms. The highest BCUT2D eigenvalue weighted by Gasteiger charge is 2.33. The summed E-state index contributed by atoms with van der Waals surface area (Å²) in [7, 11) is 0. The summed E-state index contributed by atoms with van der Waals surface area (Å²) >= 11 is 6.13. The molecule has 1 saturated carbocycles. The van der Waals surface area contributed by atoms with Crippen molar-refractivity contribution >= 4 is 29.1 Å². The number of fused-ring (bicyclic) bond motifs is 1. The number of rotatable bonds is 2. The lowest BCUT2D eigenvalue weighted by molar-refractivity contribution is -0.138. The van der Waals surface area contributed by atoms with Crippen LogP contribution in [-0.2, 0) is 16.0 Å². The lowest BCUT2D eigenvalue weighted by Crippen LogP contribution is -2.49. The van der Waals surface area contributed by atoms with E-state index < -0.39 is 17.4 Å². The fraction of sp³-hybridized carbons (Fsp3) is 0.529. The Morgan fingerprint density at radius 2 is 2.00 bits per heavy atom. The summed E-state index contributed by atoms with van der Waals surface area (Å²) in [5.41, 5.74) is 0.732. The van der Waals surface area contributed by atoms with Gasteiger partial charge >= 0.3 is 11.8 Å². The zero-order valence-electron chi connectivity index (χ0n) is 13.0. The first kappa shape index (κ1) is 16.3. The van der Waals surface area contributed by atoms with Gasteiger partial charge in [0, 0.05) is 23.8 Å². The topological polar surface area (TPSA) is 69.6 Å². The monoisotopic (exact) mass is 336 g/mol. The molecule has 1 heterocycles. The van der Waals surface area contributed by atoms with Crippen molar-refractivity contribution in [2.45, 2.75) is 44.1 Å². The van der Waals surface area contributed by atoms with Crippen LogP contribution in [0.15, 0.2) is 18.2 Å². The number of aliphatic hydroxyl groups is 1. The lowest BCUT2D eigenvalue weighted by atomic mass is 9.85. The van der Waals surface area contributed by atoms with Gasteiger partial charge in [-0.05, 0) is 37.0 Å². The molecule has 5 nitrogen and oxygen atoms in total. The Hall–Kier alpha value is -1.59. The van der Waals surface area contributed by atoms with Gasteiger partial charge in [0.05, 0.1) is 5.60 Å². The van der Waals surface area contributed by atoms with Gasteiger partial charge < -0.3 is 15.3 Å². The fourth-order valence-corrected chi connectivity index (χ4v) is 3.70. The number of hydrogen-bond donors (Lipinski definition) is 2. The standard InChI is InChI=1S/C17H21ClN2O3/c18-13-5-4-6-14-12(13)7-10-20(14)16(22)15(21)19-11-17(23)8-2-1-3-9-17/h4-6,23H,1-3,7-11H2,(H,19,21). The molecular weight excluding hydrogens is 316 g/mol. The predicted octanol–water partition coefficient (Wildman–Crippen LogP) is 2.04. The molecule has 2 amide bonds. The number of carbonyl (C=O) groups excluding carboxylic acids is 2. The van der Waals surface area contributed by atoms with Crippen molar-refractivity contribution in [1.29, 1.82) is 0 Å². The number of hydrogen-bond acceptors (Lipinski definition) is 3. The highest BCUT2D eigenvalue weighted by atomic mass is 35.5. The van der Waals surface area contributed by atoms with E-state index in [-0.39, 0.29) is 6.54 Å². The molecule has 0 saturated heterocycles. The van der Waals surface area contributed by atoms with Crippen LogP contribution in [0.4, 0.5) is 5.69 Å². The van der Waals surface area contributed by atoms with Crippen molar-refractivity contribution in [3.63, 3.8) is 0 Å². The summed E-state index contributed by atoms with van der Waals surface area (Å²) in [6.07, 6.45) is 5.02. The van der Waals surface area contributed by atoms with Gasteiger partial charge in [0.25, 0.3) is 0 Å². The third-order valence-corrected chi connectivity index (χ3v) is 5.13. The van der Waals surface area contributed by atoms with E-state index in [1.165, 1.54) is 4.90 Å². The number of carbonyl (C=O) groups is 2. The van der Waals surface area contributed by atoms with Crippen LogP contribution in [0.3, 0.4) is 0 Å². The van der Waals surface area contributed by atoms with E-state index in [1.807, 2.05) is 0 Å². The fourth-order valence-electron chi connectivity index (χ4n) is 3.43. The molecule has 6 heteroatoms. The summed E-state index contributed by atoms with van der Waals surface area (Å²) in [6.45, 7) is 0.587. The number of amides is 2. The molecule has 2 aliphatic rings. The maximum absolute atomic E-state index is 12.4. The molecule has 23 heavy (non-hydrogen) atoms. The van der Waals surface area contributed by atoms with Gasteiger partial charge in [-0.15, -0.1) is 0 Å². The minimum Gasteiger partial charge on any atom is -0.388 e. The second kappa shape index (κ2) is 6.49. The largest absolute Gasteiger partial charge is 0.388 e. The summed E-state index contributed by atoms with van der Waals surface area (Å²) in [6, 6.07) is 5.36. The second-order valence-electron chi connectivity index (χ2n) is 6.41. The Bertz CT molecular complexity index is 626. The van der Waals surface area contributed by atoms with Gasteiger partial charge in [-0.25, -0.2) is 0 Å². The summed E-state index contributed by atoms with van der Waals surface area (Å²) in [5.74, 6) is -1.26. The summed E-state index contributed by atoms with van der Waals surface area (Å²) in [5, 5.41) is 13.6. The minimum atomic E-state index is -0.875. The van der Waals surface area contributed by atoms with Gasteiger partial charge in [0.2, 0.25) is 0 Å². The SMILES string of the molecule is O=C(NCC1(O)CCCCC1)C(=O)N1CCc2c(Cl)cccc21. The Kier molecular flexibility index (Phi) is 4.60. The van der Waals surface area contributed by atoms with Crippen molar-refractivity contribution in [2.75, 3.05) is 18.0 Å². The normalized spacial score (nSPS) is 19.3. The number of nitrogens with one attached hydrogen (secondary N) is 1. The van der Waals surface area contributed by atoms with Crippen LogP contribution >= 0.6 is 11.6 Å². The van der Waals surface area contributed by atoms with Crippen LogP contribution in [0, 0.1) is 0 Å². The Morgan fingerprint density at radius 3 is 2.74 bits per heavy atom. The maximum Gasteiger partial charge on any atom is 0.316 e. The molecule has 0 bridgehead atoms. The van der Waals surface area contributed by atoms with E-state index in [2.05, 4.69) is 5.32 Å². The molecule has 3 rings (SSSR count). The van der Waals surface area contributed by atoms with E-state index in [0.717, 1.165) is 24.8 Å². The van der Waals surface area contributed by atoms with E-state index in [9.17, 15) is 14.7 Å². The van der Waals surface area contributed by atoms with Crippen LogP contribution in [-0.4, -0.2) is 35.6 Å². The van der Waals surface area contributed by atoms with Crippen molar-refractivity contribution in [2.24, 2.45) is 0 Å². The highest BCUT2D eigenvalue weighted by Crippen LogP contribution is 2.33. The molecule has 1 aliphatic heterocycles. The molecule has 0 unspecified atom stereocenters. The zero-order valence-corrected chi connectivity index (χ0v) is 13.7. The first-order valence-corrected chi connectivity index (χ1v) is 8.47. The van der Waals surface area contributed by atoms with E-state index in [0.29, 0.717) is 36.5 Å². The van der Waals surface area contributed by atoms with Crippen molar-refractivity contribution in [1.82, 2.24) is 5.32 Å². The average Bonchev–Trinajstić information content (AvgIpc) is 2.98. The molecular formula is C17H21ClN2O3. The molecule has 1 fully saturated rings. The van der Waals surface area contributed by atoms with Crippen LogP contribution < -0.4 is 10.2 Å². The average molecular weight is 337 g/mol. The number of halogens is 1. The molecule has 1 aromatic carbocycles. The van der Waals surface area contributed by atoms with Gasteiger partial charge in [-0.2, -0.15) is 0 Å². The van der Waals surface area contributed by atoms with Gasteiger partial charge in [0.15, 0.2) is 0 Å². The van der Waals surface area contributed by atoms with Crippen molar-refractivity contribution < 1.29 is 14.7 Å². The van der Waals surface area contributed by atoms with Gasteiger partial charge in [0.1, 0.15) is 0 Å². The van der Waals surface area contributed by atoms with Crippen LogP contribution in [0.5, 0.6) is 0 Å². The smallest absolute Gasteiger partial charge is 0.316 e. The number of benzene rings is 1. The van der Waals surface area contributed by atoms with Crippen molar-refractivity contribution in [3.05, 3.63) is 28.8 Å². The molecule has 2 N–H and O–H groups in total. The first-order valence-electron chi connectivity index (χ1n) is 8.10. The second-order valence-corrected chi connectivity index (χ2v) is 6.82. The van der Waals surface area contributed by atoms with Crippen LogP contribution in [0.25, 0.3) is 0 Å². The third-order valence-electron chi connectivity index (χ3n) is 4.77. The lowest BCUT2D eigenvalue weighted by Gasteiger charge is -2.32. The summed E-state index contributed by atoms with van der Waals surface area (Å²) < 4.78 is 0. The number of nitrogens with zero attached hydrogens (tertiary/aromatic N) is 1. The first-order chi connectivity index (χ1) is 11.0. The van der Waals surface area contributed by atoms with Gasteiger partial charge in [-0.1, -0.05) is 36.9 Å². The maximum atomic E-state index is 12.4. The minimum absolute atomic E-state index is 0.133. The van der Waals surface area contributed by atoms with Crippen LogP contribution in [0.2, 0.25) is 5.02 Å². The quantitative estimate of drug-likeness (QED) is 0.812. The zero-order chi connectivity index (χ0) is 16.4.